The SMILES string of the molecule is CNC(=O)C1CCN(c2ccc(S(=O)(=O)N(C)CC(=O)N3CCOCC3)cc2-c2cc3ccc(CC4CN(C(=O)OCC5CCN5S(=O)(=O)c5ccc(N6CCCC6)c(-c6cc7ccc(C)cc7[nH]6)c5)CCO4)cc3[nH]2)C1. The van der Waals surface area contributed by atoms with Gasteiger partial charge in [-0.2, -0.15) is 8.61 Å². The Balaban J connectivity index is 0.756. The largest absolute Gasteiger partial charge is 0.448 e. The summed E-state index contributed by atoms with van der Waals surface area (Å²) in [4.78, 5) is 54.4. The van der Waals surface area contributed by atoms with Crippen LogP contribution in [0.2, 0.25) is 0 Å². The van der Waals surface area contributed by atoms with Crippen LogP contribution < -0.4 is 15.1 Å². The van der Waals surface area contributed by atoms with E-state index < -0.39 is 32.2 Å². The van der Waals surface area contributed by atoms with Crippen LogP contribution in [0.3, 0.4) is 0 Å². The lowest BCUT2D eigenvalue weighted by Gasteiger charge is -2.40. The quantitative estimate of drug-likeness (QED) is 0.112. The number of carbonyl (C=O) groups excluding carboxylic acids is 3. The molecule has 3 N–H and O–H groups in total. The molecule has 0 aliphatic carbocycles. The highest BCUT2D eigenvalue weighted by molar-refractivity contribution is 7.89. The first kappa shape index (κ1) is 52.6. The van der Waals surface area contributed by atoms with E-state index in [2.05, 4.69) is 49.4 Å². The number of sulfonamides is 2. The number of amides is 3. The fourth-order valence-corrected chi connectivity index (χ4v) is 14.3. The maximum absolute atomic E-state index is 14.3. The minimum atomic E-state index is -4.10. The Bertz CT molecular complexity index is 3440. The molecule has 408 valence electrons. The fraction of sp³-hybridized carbons (Fsp3) is 0.446. The van der Waals surface area contributed by atoms with E-state index >= 15 is 0 Å². The Morgan fingerprint density at radius 3 is 2.08 bits per heavy atom. The number of aryl methyl sites for hydroxylation is 1. The number of anilines is 2. The molecule has 5 aliphatic rings. The highest BCUT2D eigenvalue weighted by Crippen LogP contribution is 2.40. The zero-order chi connectivity index (χ0) is 53.6. The molecule has 4 aromatic carbocycles. The molecular formula is C56H67N9O10S2. The number of rotatable bonds is 15. The van der Waals surface area contributed by atoms with E-state index in [1.165, 1.54) is 11.4 Å². The summed E-state index contributed by atoms with van der Waals surface area (Å²) in [5.74, 6) is -0.560. The number of fused-ring (bicyclic) bond motifs is 2. The van der Waals surface area contributed by atoms with Gasteiger partial charge in [0.1, 0.15) is 6.61 Å². The van der Waals surface area contributed by atoms with Gasteiger partial charge in [-0.05, 0) is 104 Å². The van der Waals surface area contributed by atoms with Crippen LogP contribution in [-0.2, 0) is 50.3 Å². The second kappa shape index (κ2) is 21.7. The molecule has 6 aromatic rings. The summed E-state index contributed by atoms with van der Waals surface area (Å²) in [5.41, 5.74) is 8.70. The van der Waals surface area contributed by atoms with E-state index in [1.54, 1.807) is 47.2 Å². The number of morpholine rings is 2. The van der Waals surface area contributed by atoms with Crippen molar-refractivity contribution in [2.75, 3.05) is 116 Å². The Kier molecular flexibility index (Phi) is 14.8. The molecule has 77 heavy (non-hydrogen) atoms. The van der Waals surface area contributed by atoms with Gasteiger partial charge in [0, 0.05) is 129 Å². The smallest absolute Gasteiger partial charge is 0.409 e. The van der Waals surface area contributed by atoms with Gasteiger partial charge in [-0.3, -0.25) is 9.59 Å². The molecule has 5 saturated heterocycles. The zero-order valence-electron chi connectivity index (χ0n) is 43.8. The molecule has 21 heteroatoms. The number of H-pyrrole nitrogens is 2. The van der Waals surface area contributed by atoms with Crippen molar-refractivity contribution in [3.05, 3.63) is 96.1 Å². The zero-order valence-corrected chi connectivity index (χ0v) is 45.5. The molecule has 5 fully saturated rings. The Labute approximate surface area is 449 Å². The van der Waals surface area contributed by atoms with Crippen molar-refractivity contribution in [1.82, 2.24) is 33.7 Å². The van der Waals surface area contributed by atoms with Gasteiger partial charge in [0.15, 0.2) is 0 Å². The maximum Gasteiger partial charge on any atom is 0.409 e. The van der Waals surface area contributed by atoms with Crippen LogP contribution in [0.15, 0.2) is 94.7 Å². The van der Waals surface area contributed by atoms with E-state index in [9.17, 15) is 31.2 Å². The second-order valence-corrected chi connectivity index (χ2v) is 24.9. The van der Waals surface area contributed by atoms with Crippen LogP contribution in [0.25, 0.3) is 44.3 Å². The molecule has 0 bridgehead atoms. The lowest BCUT2D eigenvalue weighted by molar-refractivity contribution is -0.135. The standard InChI is InChI=1S/C56H67N9O10S2/c1-37-6-8-39-29-50(58-48(39)26-37)46-32-45(11-12-52(46)61-16-4-5-17-61)77(71,72)65-19-15-42(65)36-75-56(68)64-22-25-74-43(34-64)27-38-7-9-40-30-51(59-49(40)28-38)47-31-44(10-13-53(47)63-18-14-41(33-63)55(67)57-2)76(69,70)60(3)35-54(66)62-20-23-73-24-21-62/h6-13,26,28-32,41-43,58-59H,4-5,14-25,27,33-36H2,1-3H3,(H,57,67). The van der Waals surface area contributed by atoms with Crippen LogP contribution in [0.5, 0.6) is 0 Å². The van der Waals surface area contributed by atoms with Crippen LogP contribution in [0.4, 0.5) is 16.2 Å². The van der Waals surface area contributed by atoms with Crippen molar-refractivity contribution in [2.24, 2.45) is 5.92 Å². The molecule has 19 nitrogen and oxygen atoms in total. The molecule has 0 spiro atoms. The number of benzene rings is 4. The van der Waals surface area contributed by atoms with Gasteiger partial charge in [0.05, 0.1) is 60.8 Å². The lowest BCUT2D eigenvalue weighted by atomic mass is 10.0. The number of aromatic nitrogens is 2. The van der Waals surface area contributed by atoms with Crippen molar-refractivity contribution in [1.29, 1.82) is 0 Å². The maximum atomic E-state index is 14.3. The number of carbonyl (C=O) groups is 3. The monoisotopic (exact) mass is 1090 g/mol. The minimum Gasteiger partial charge on any atom is -0.448 e. The molecule has 3 unspecified atom stereocenters. The summed E-state index contributed by atoms with van der Waals surface area (Å²) in [6, 6.07) is 26.2. The number of nitrogens with zero attached hydrogens (tertiary/aromatic N) is 6. The van der Waals surface area contributed by atoms with Crippen LogP contribution in [-0.4, -0.2) is 181 Å². The molecule has 0 radical (unpaired) electrons. The average molecular weight is 1090 g/mol. The van der Waals surface area contributed by atoms with Gasteiger partial charge in [-0.15, -0.1) is 0 Å². The molecule has 0 saturated carbocycles. The molecule has 3 amide bonds. The first-order valence-corrected chi connectivity index (χ1v) is 29.6. The summed E-state index contributed by atoms with van der Waals surface area (Å²) in [7, 11) is -4.98. The van der Waals surface area contributed by atoms with Gasteiger partial charge in [0.2, 0.25) is 31.9 Å². The molecule has 7 heterocycles. The average Bonchev–Trinajstić information content (AvgIpc) is 4.36. The number of ether oxygens (including phenoxy) is 3. The highest BCUT2D eigenvalue weighted by Gasteiger charge is 2.41. The van der Waals surface area contributed by atoms with Crippen LogP contribution >= 0.6 is 0 Å². The number of hydrogen-bond donors (Lipinski definition) is 3. The summed E-state index contributed by atoms with van der Waals surface area (Å²) >= 11 is 0. The highest BCUT2D eigenvalue weighted by atomic mass is 32.2. The van der Waals surface area contributed by atoms with E-state index in [-0.39, 0.29) is 53.3 Å². The fourth-order valence-electron chi connectivity index (χ4n) is 11.5. The number of nitrogens with one attached hydrogen (secondary N) is 3. The first-order valence-electron chi connectivity index (χ1n) is 26.7. The third kappa shape index (κ3) is 10.8. The molecule has 2 aromatic heterocycles. The van der Waals surface area contributed by atoms with E-state index in [4.69, 9.17) is 14.2 Å². The third-order valence-electron chi connectivity index (χ3n) is 16.0. The topological polar surface area (TPSA) is 210 Å². The number of likely N-dealkylation sites (N-methyl/N-ethyl adjacent to an activating group) is 1. The third-order valence-corrected chi connectivity index (χ3v) is 19.7. The molecule has 3 atom stereocenters. The summed E-state index contributed by atoms with van der Waals surface area (Å²) < 4.78 is 76.7. The van der Waals surface area contributed by atoms with Crippen LogP contribution in [0.1, 0.15) is 36.8 Å². The van der Waals surface area contributed by atoms with Gasteiger partial charge < -0.3 is 49.1 Å². The van der Waals surface area contributed by atoms with E-state index in [0.717, 1.165) is 85.8 Å². The second-order valence-electron chi connectivity index (χ2n) is 21.0. The Morgan fingerprint density at radius 2 is 1.38 bits per heavy atom. The Hall–Kier alpha value is -6.49. The molecule has 11 rings (SSSR count). The number of aromatic amines is 2. The lowest BCUT2D eigenvalue weighted by Crippen LogP contribution is -2.54. The summed E-state index contributed by atoms with van der Waals surface area (Å²) in [6.45, 7) is 7.43. The Morgan fingerprint density at radius 1 is 0.714 bits per heavy atom. The van der Waals surface area contributed by atoms with Crippen molar-refractivity contribution in [3.8, 4) is 22.5 Å². The van der Waals surface area contributed by atoms with Gasteiger partial charge in [-0.1, -0.05) is 24.3 Å². The normalized spacial score (nSPS) is 20.6. The first-order chi connectivity index (χ1) is 37.1. The van der Waals surface area contributed by atoms with Gasteiger partial charge >= 0.3 is 6.09 Å². The van der Waals surface area contributed by atoms with Crippen molar-refractivity contribution in [3.63, 3.8) is 0 Å². The number of hydrogen-bond acceptors (Lipinski definition) is 12. The minimum absolute atomic E-state index is 0.0344. The van der Waals surface area contributed by atoms with Crippen molar-refractivity contribution >= 4 is 71.1 Å². The van der Waals surface area contributed by atoms with Crippen molar-refractivity contribution in [2.45, 2.75) is 61.0 Å². The predicted octanol–water partition coefficient (Wildman–Crippen LogP) is 5.79. The summed E-state index contributed by atoms with van der Waals surface area (Å²) in [6.07, 6.45) is 3.01. The van der Waals surface area contributed by atoms with Crippen molar-refractivity contribution < 1.29 is 45.4 Å². The van der Waals surface area contributed by atoms with Gasteiger partial charge in [-0.25, -0.2) is 21.6 Å². The summed E-state index contributed by atoms with van der Waals surface area (Å²) in [5, 5.41) is 4.71. The van der Waals surface area contributed by atoms with E-state index in [1.807, 2.05) is 37.3 Å². The van der Waals surface area contributed by atoms with Crippen LogP contribution in [0, 0.1) is 12.8 Å². The van der Waals surface area contributed by atoms with E-state index in [0.29, 0.717) is 89.6 Å². The molecule has 5 aliphatic heterocycles. The van der Waals surface area contributed by atoms with Gasteiger partial charge in [0.25, 0.3) is 0 Å². The predicted molar refractivity (Wildman–Crippen MR) is 294 cm³/mol. The molecular weight excluding hydrogens is 1020 g/mol.